The number of carbonyl (C=O) groups excluding carboxylic acids is 2. The summed E-state index contributed by atoms with van der Waals surface area (Å²) in [6.07, 6.45) is 3.31. The molecule has 2 amide bonds. The average Bonchev–Trinajstić information content (AvgIpc) is 3.15. The highest BCUT2D eigenvalue weighted by Gasteiger charge is 2.25. The number of imide groups is 1. The summed E-state index contributed by atoms with van der Waals surface area (Å²) < 4.78 is 0. The van der Waals surface area contributed by atoms with Crippen molar-refractivity contribution >= 4 is 45.6 Å². The Morgan fingerprint density at radius 2 is 1.88 bits per heavy atom. The van der Waals surface area contributed by atoms with E-state index in [1.165, 1.54) is 11.3 Å². The minimum atomic E-state index is -0.361. The molecule has 0 aliphatic carbocycles. The molecule has 7 nitrogen and oxygen atoms in total. The van der Waals surface area contributed by atoms with Gasteiger partial charge in [0.2, 0.25) is 0 Å². The first kappa shape index (κ1) is 21.6. The summed E-state index contributed by atoms with van der Waals surface area (Å²) in [5.41, 5.74) is 6.04. The number of nitrogens with one attached hydrogen (secondary N) is 1. The van der Waals surface area contributed by atoms with Crippen molar-refractivity contribution in [3.05, 3.63) is 58.8 Å². The second-order valence-corrected chi connectivity index (χ2v) is 9.29. The number of piperazine rings is 1. The van der Waals surface area contributed by atoms with Gasteiger partial charge in [-0.25, -0.2) is 9.97 Å². The molecule has 168 valence electrons. The lowest BCUT2D eigenvalue weighted by Gasteiger charge is -2.36. The highest BCUT2D eigenvalue weighted by molar-refractivity contribution is 8.18. The number of fused-ring (bicyclic) bond motifs is 1. The van der Waals surface area contributed by atoms with E-state index >= 15 is 0 Å². The van der Waals surface area contributed by atoms with Crippen LogP contribution in [0.3, 0.4) is 0 Å². The molecule has 33 heavy (non-hydrogen) atoms. The average molecular weight is 460 g/mol. The van der Waals surface area contributed by atoms with Gasteiger partial charge >= 0.3 is 0 Å². The number of rotatable bonds is 4. The first-order chi connectivity index (χ1) is 16.0. The molecule has 8 heteroatoms. The van der Waals surface area contributed by atoms with Crippen LogP contribution in [-0.2, 0) is 4.79 Å². The molecule has 2 saturated heterocycles. The van der Waals surface area contributed by atoms with E-state index in [9.17, 15) is 9.59 Å². The standard InChI is InChI=1S/C25H25N5O2S/c1-3-29-8-10-30(11-9-29)21-7-5-18(12-16(21)2)23-19-13-17(4-6-20(19)26-15-27-23)14-22-24(31)28-25(32)33-22/h4-7,12-15H,3,8-11H2,1-2H3,(H,28,31,32). The number of likely N-dealkylation sites (N-methyl/N-ethyl adjacent to an activating group) is 1. The molecule has 0 radical (unpaired) electrons. The zero-order chi connectivity index (χ0) is 22.9. The lowest BCUT2D eigenvalue weighted by atomic mass is 10.0. The van der Waals surface area contributed by atoms with Crippen LogP contribution in [0.5, 0.6) is 0 Å². The topological polar surface area (TPSA) is 78.4 Å². The number of thioether (sulfide) groups is 1. The van der Waals surface area contributed by atoms with E-state index in [0.717, 1.165) is 72.2 Å². The van der Waals surface area contributed by atoms with Gasteiger partial charge in [0.25, 0.3) is 11.1 Å². The summed E-state index contributed by atoms with van der Waals surface area (Å²) in [7, 11) is 0. The number of aromatic nitrogens is 2. The minimum absolute atomic E-state index is 0.345. The molecular formula is C25H25N5O2S. The van der Waals surface area contributed by atoms with E-state index < -0.39 is 0 Å². The Balaban J connectivity index is 1.48. The number of hydrogen-bond donors (Lipinski definition) is 1. The summed E-state index contributed by atoms with van der Waals surface area (Å²) in [6, 6.07) is 12.3. The van der Waals surface area contributed by atoms with Gasteiger partial charge in [-0.2, -0.15) is 0 Å². The van der Waals surface area contributed by atoms with E-state index in [2.05, 4.69) is 57.1 Å². The van der Waals surface area contributed by atoms with Crippen molar-refractivity contribution in [1.29, 1.82) is 0 Å². The third-order valence-corrected chi connectivity index (χ3v) is 7.04. The second-order valence-electron chi connectivity index (χ2n) is 8.27. The number of nitrogens with zero attached hydrogens (tertiary/aromatic N) is 4. The van der Waals surface area contributed by atoms with Crippen LogP contribution < -0.4 is 10.2 Å². The lowest BCUT2D eigenvalue weighted by Crippen LogP contribution is -2.46. The Morgan fingerprint density at radius 1 is 1.06 bits per heavy atom. The summed E-state index contributed by atoms with van der Waals surface area (Å²) in [5.74, 6) is -0.361. The number of aryl methyl sites for hydroxylation is 1. The van der Waals surface area contributed by atoms with Crippen molar-refractivity contribution in [3.63, 3.8) is 0 Å². The molecule has 3 aromatic rings. The van der Waals surface area contributed by atoms with Crippen LogP contribution in [0.2, 0.25) is 0 Å². The molecule has 3 heterocycles. The Hall–Kier alpha value is -3.23. The molecule has 0 saturated carbocycles. The van der Waals surface area contributed by atoms with Crippen molar-refractivity contribution in [2.75, 3.05) is 37.6 Å². The van der Waals surface area contributed by atoms with Crippen molar-refractivity contribution in [3.8, 4) is 11.3 Å². The highest BCUT2D eigenvalue weighted by Crippen LogP contribution is 2.32. The molecule has 2 aliphatic heterocycles. The molecule has 0 bridgehead atoms. The largest absolute Gasteiger partial charge is 0.369 e. The van der Waals surface area contributed by atoms with Crippen LogP contribution in [0, 0.1) is 6.92 Å². The van der Waals surface area contributed by atoms with Gasteiger partial charge < -0.3 is 9.80 Å². The SMILES string of the molecule is CCN1CCN(c2ccc(-c3ncnc4ccc(C=C5SC(=O)NC5=O)cc34)cc2C)CC1. The van der Waals surface area contributed by atoms with Gasteiger partial charge in [0.1, 0.15) is 6.33 Å². The molecule has 2 aliphatic rings. The number of anilines is 1. The van der Waals surface area contributed by atoms with E-state index in [0.29, 0.717) is 4.91 Å². The zero-order valence-electron chi connectivity index (χ0n) is 18.7. The quantitative estimate of drug-likeness (QED) is 0.589. The molecule has 2 fully saturated rings. The Bertz CT molecular complexity index is 1280. The Labute approximate surface area is 196 Å². The second kappa shape index (κ2) is 8.96. The van der Waals surface area contributed by atoms with Crippen molar-refractivity contribution in [2.45, 2.75) is 13.8 Å². The number of hydrogen-bond acceptors (Lipinski definition) is 7. The number of benzene rings is 2. The van der Waals surface area contributed by atoms with Crippen LogP contribution >= 0.6 is 11.8 Å². The summed E-state index contributed by atoms with van der Waals surface area (Å²) in [4.78, 5) is 37.7. The van der Waals surface area contributed by atoms with E-state index in [1.54, 1.807) is 12.4 Å². The number of amides is 2. The molecule has 0 atom stereocenters. The van der Waals surface area contributed by atoms with Crippen LogP contribution in [-0.4, -0.2) is 58.7 Å². The van der Waals surface area contributed by atoms with Gasteiger partial charge in [0.05, 0.1) is 16.1 Å². The maximum Gasteiger partial charge on any atom is 0.290 e. The fourth-order valence-corrected chi connectivity index (χ4v) is 5.11. The van der Waals surface area contributed by atoms with E-state index in [-0.39, 0.29) is 11.1 Å². The highest BCUT2D eigenvalue weighted by atomic mass is 32.2. The molecule has 1 aromatic heterocycles. The van der Waals surface area contributed by atoms with Crippen molar-refractivity contribution < 1.29 is 9.59 Å². The van der Waals surface area contributed by atoms with Gasteiger partial charge in [-0.3, -0.25) is 14.9 Å². The molecule has 1 N–H and O–H groups in total. The normalized spacial score (nSPS) is 18.4. The molecule has 0 spiro atoms. The smallest absolute Gasteiger partial charge is 0.290 e. The zero-order valence-corrected chi connectivity index (χ0v) is 19.5. The molecule has 2 aromatic carbocycles. The fourth-order valence-electron chi connectivity index (χ4n) is 4.43. The predicted molar refractivity (Wildman–Crippen MR) is 133 cm³/mol. The van der Waals surface area contributed by atoms with Gasteiger partial charge in [0.15, 0.2) is 0 Å². The van der Waals surface area contributed by atoms with E-state index in [4.69, 9.17) is 0 Å². The molecule has 5 rings (SSSR count). The molecular weight excluding hydrogens is 434 g/mol. The first-order valence-electron chi connectivity index (χ1n) is 11.1. The maximum atomic E-state index is 11.9. The van der Waals surface area contributed by atoms with E-state index in [1.807, 2.05) is 18.2 Å². The molecule has 0 unspecified atom stereocenters. The van der Waals surface area contributed by atoms with Crippen LogP contribution in [0.4, 0.5) is 10.5 Å². The van der Waals surface area contributed by atoms with Crippen LogP contribution in [0.1, 0.15) is 18.1 Å². The maximum absolute atomic E-state index is 11.9. The Kier molecular flexibility index (Phi) is 5.86. The first-order valence-corrected chi connectivity index (χ1v) is 11.9. The van der Waals surface area contributed by atoms with Crippen molar-refractivity contribution in [2.24, 2.45) is 0 Å². The van der Waals surface area contributed by atoms with Crippen LogP contribution in [0.25, 0.3) is 28.2 Å². The van der Waals surface area contributed by atoms with Crippen LogP contribution in [0.15, 0.2) is 47.6 Å². The van der Waals surface area contributed by atoms with Gasteiger partial charge in [0, 0.05) is 42.8 Å². The fraction of sp³-hybridized carbons (Fsp3) is 0.280. The van der Waals surface area contributed by atoms with Crippen molar-refractivity contribution in [1.82, 2.24) is 20.2 Å². The minimum Gasteiger partial charge on any atom is -0.369 e. The number of carbonyl (C=O) groups is 2. The lowest BCUT2D eigenvalue weighted by molar-refractivity contribution is -0.115. The van der Waals surface area contributed by atoms with Gasteiger partial charge in [-0.15, -0.1) is 0 Å². The summed E-state index contributed by atoms with van der Waals surface area (Å²) in [6.45, 7) is 9.72. The Morgan fingerprint density at radius 3 is 2.58 bits per heavy atom. The third kappa shape index (κ3) is 4.36. The summed E-state index contributed by atoms with van der Waals surface area (Å²) in [5, 5.41) is 2.85. The third-order valence-electron chi connectivity index (χ3n) is 6.23. The monoisotopic (exact) mass is 459 g/mol. The van der Waals surface area contributed by atoms with Gasteiger partial charge in [-0.05, 0) is 66.7 Å². The summed E-state index contributed by atoms with van der Waals surface area (Å²) >= 11 is 0.916. The van der Waals surface area contributed by atoms with Gasteiger partial charge in [-0.1, -0.05) is 19.1 Å². The predicted octanol–water partition coefficient (Wildman–Crippen LogP) is 4.07.